The number of hydrogen-bond acceptors (Lipinski definition) is 2. The lowest BCUT2D eigenvalue weighted by Crippen LogP contribution is -2.33. The molecule has 0 aromatic heterocycles. The second-order valence-corrected chi connectivity index (χ2v) is 6.40. The molecule has 1 fully saturated rings. The standard InChI is InChI=1S/C18H20Cl2N2/c19-16-8-3-1-6-14(16)18(15-7-2-4-9-17(15)20)22-12-5-10-21-11-13-22/h1-4,6-9,18,21H,5,10-13H2. The van der Waals surface area contributed by atoms with E-state index < -0.39 is 0 Å². The van der Waals surface area contributed by atoms with Crippen LogP contribution in [0.4, 0.5) is 0 Å². The van der Waals surface area contributed by atoms with E-state index in [1.54, 1.807) is 0 Å². The molecule has 0 amide bonds. The van der Waals surface area contributed by atoms with Gasteiger partial charge in [-0.05, 0) is 36.2 Å². The van der Waals surface area contributed by atoms with Crippen LogP contribution in [0.25, 0.3) is 0 Å². The van der Waals surface area contributed by atoms with Crippen molar-refractivity contribution in [3.05, 3.63) is 69.7 Å². The molecule has 1 saturated heterocycles. The molecule has 2 aromatic rings. The number of halogens is 2. The summed E-state index contributed by atoms with van der Waals surface area (Å²) in [6.07, 6.45) is 1.13. The molecule has 22 heavy (non-hydrogen) atoms. The first-order chi connectivity index (χ1) is 10.8. The summed E-state index contributed by atoms with van der Waals surface area (Å²) in [5.74, 6) is 0. The van der Waals surface area contributed by atoms with E-state index >= 15 is 0 Å². The Balaban J connectivity index is 2.06. The van der Waals surface area contributed by atoms with Crippen LogP contribution in [0.1, 0.15) is 23.6 Å². The van der Waals surface area contributed by atoms with Crippen molar-refractivity contribution in [2.45, 2.75) is 12.5 Å². The molecule has 0 spiro atoms. The number of nitrogens with zero attached hydrogens (tertiary/aromatic N) is 1. The highest BCUT2D eigenvalue weighted by Gasteiger charge is 2.26. The van der Waals surface area contributed by atoms with Gasteiger partial charge in [-0.1, -0.05) is 59.6 Å². The number of nitrogens with one attached hydrogen (secondary N) is 1. The van der Waals surface area contributed by atoms with Crippen LogP contribution in [0, 0.1) is 0 Å². The predicted molar refractivity (Wildman–Crippen MR) is 93.8 cm³/mol. The summed E-state index contributed by atoms with van der Waals surface area (Å²) < 4.78 is 0. The molecule has 0 unspecified atom stereocenters. The fourth-order valence-corrected chi connectivity index (χ4v) is 3.56. The van der Waals surface area contributed by atoms with Gasteiger partial charge in [-0.25, -0.2) is 0 Å². The van der Waals surface area contributed by atoms with E-state index in [1.165, 1.54) is 0 Å². The average Bonchev–Trinajstić information content (AvgIpc) is 2.80. The molecule has 116 valence electrons. The van der Waals surface area contributed by atoms with Gasteiger partial charge in [0.2, 0.25) is 0 Å². The first kappa shape index (κ1) is 15.8. The molecule has 1 N–H and O–H groups in total. The lowest BCUT2D eigenvalue weighted by atomic mass is 9.96. The van der Waals surface area contributed by atoms with Gasteiger partial charge in [0.15, 0.2) is 0 Å². The molecule has 4 heteroatoms. The number of rotatable bonds is 3. The van der Waals surface area contributed by atoms with Gasteiger partial charge in [-0.15, -0.1) is 0 Å². The number of hydrogen-bond donors (Lipinski definition) is 1. The third-order valence-electron chi connectivity index (χ3n) is 4.14. The van der Waals surface area contributed by atoms with E-state index in [2.05, 4.69) is 22.3 Å². The van der Waals surface area contributed by atoms with Crippen molar-refractivity contribution in [1.29, 1.82) is 0 Å². The van der Waals surface area contributed by atoms with Crippen LogP contribution in [-0.4, -0.2) is 31.1 Å². The zero-order chi connectivity index (χ0) is 15.4. The Bertz CT molecular complexity index is 576. The van der Waals surface area contributed by atoms with Crippen LogP contribution in [0.5, 0.6) is 0 Å². The predicted octanol–water partition coefficient (Wildman–Crippen LogP) is 4.38. The molecule has 2 aromatic carbocycles. The molecule has 1 aliphatic rings. The molecule has 0 atom stereocenters. The molecule has 1 heterocycles. The van der Waals surface area contributed by atoms with Gasteiger partial charge < -0.3 is 5.32 Å². The van der Waals surface area contributed by atoms with Crippen LogP contribution in [0.3, 0.4) is 0 Å². The zero-order valence-electron chi connectivity index (χ0n) is 12.4. The largest absolute Gasteiger partial charge is 0.315 e. The zero-order valence-corrected chi connectivity index (χ0v) is 13.9. The molecule has 0 radical (unpaired) electrons. The highest BCUT2D eigenvalue weighted by Crippen LogP contribution is 2.36. The van der Waals surface area contributed by atoms with Crippen molar-refractivity contribution in [2.24, 2.45) is 0 Å². The first-order valence-corrected chi connectivity index (χ1v) is 8.46. The van der Waals surface area contributed by atoms with Crippen molar-refractivity contribution >= 4 is 23.2 Å². The lowest BCUT2D eigenvalue weighted by Gasteiger charge is -2.32. The summed E-state index contributed by atoms with van der Waals surface area (Å²) in [6.45, 7) is 4.08. The summed E-state index contributed by atoms with van der Waals surface area (Å²) in [5.41, 5.74) is 2.25. The second-order valence-electron chi connectivity index (χ2n) is 5.59. The van der Waals surface area contributed by atoms with E-state index in [9.17, 15) is 0 Å². The molecule has 2 nitrogen and oxygen atoms in total. The maximum Gasteiger partial charge on any atom is 0.0631 e. The van der Waals surface area contributed by atoms with E-state index in [1.807, 2.05) is 36.4 Å². The van der Waals surface area contributed by atoms with E-state index in [0.717, 1.165) is 53.8 Å². The molecular formula is C18H20Cl2N2. The minimum atomic E-state index is 0.0994. The van der Waals surface area contributed by atoms with Crippen molar-refractivity contribution in [2.75, 3.05) is 26.2 Å². The molecule has 1 aliphatic heterocycles. The summed E-state index contributed by atoms with van der Waals surface area (Å²) in [6, 6.07) is 16.3. The Kier molecular flexibility index (Phi) is 5.37. The van der Waals surface area contributed by atoms with Crippen molar-refractivity contribution in [3.63, 3.8) is 0 Å². The third-order valence-corrected chi connectivity index (χ3v) is 4.83. The SMILES string of the molecule is Clc1ccccc1C(c1ccccc1Cl)N1CCCNCC1. The molecule has 3 rings (SSSR count). The minimum absolute atomic E-state index is 0.0994. The minimum Gasteiger partial charge on any atom is -0.315 e. The Morgan fingerprint density at radius 3 is 2.00 bits per heavy atom. The lowest BCUT2D eigenvalue weighted by molar-refractivity contribution is 0.241. The maximum absolute atomic E-state index is 6.50. The second kappa shape index (κ2) is 7.47. The van der Waals surface area contributed by atoms with Crippen LogP contribution < -0.4 is 5.32 Å². The summed E-state index contributed by atoms with van der Waals surface area (Å²) in [4.78, 5) is 2.47. The normalized spacial score (nSPS) is 16.7. The van der Waals surface area contributed by atoms with Crippen molar-refractivity contribution in [1.82, 2.24) is 10.2 Å². The molecule has 0 bridgehead atoms. The van der Waals surface area contributed by atoms with Crippen LogP contribution in [-0.2, 0) is 0 Å². The Morgan fingerprint density at radius 2 is 1.41 bits per heavy atom. The smallest absolute Gasteiger partial charge is 0.0631 e. The van der Waals surface area contributed by atoms with Gasteiger partial charge in [0.1, 0.15) is 0 Å². The van der Waals surface area contributed by atoms with Crippen LogP contribution in [0.15, 0.2) is 48.5 Å². The summed E-state index contributed by atoms with van der Waals surface area (Å²) in [7, 11) is 0. The number of benzene rings is 2. The monoisotopic (exact) mass is 334 g/mol. The Morgan fingerprint density at radius 1 is 0.818 bits per heavy atom. The van der Waals surface area contributed by atoms with Crippen molar-refractivity contribution in [3.8, 4) is 0 Å². The van der Waals surface area contributed by atoms with Crippen molar-refractivity contribution < 1.29 is 0 Å². The fraction of sp³-hybridized carbons (Fsp3) is 0.333. The molecule has 0 aliphatic carbocycles. The Hall–Kier alpha value is -1.06. The maximum atomic E-state index is 6.50. The van der Waals surface area contributed by atoms with Gasteiger partial charge in [-0.3, -0.25) is 4.90 Å². The highest BCUT2D eigenvalue weighted by molar-refractivity contribution is 6.32. The van der Waals surface area contributed by atoms with E-state index in [4.69, 9.17) is 23.2 Å². The van der Waals surface area contributed by atoms with Gasteiger partial charge >= 0.3 is 0 Å². The van der Waals surface area contributed by atoms with Crippen LogP contribution in [0.2, 0.25) is 10.0 Å². The first-order valence-electron chi connectivity index (χ1n) is 7.71. The van der Waals surface area contributed by atoms with E-state index in [-0.39, 0.29) is 6.04 Å². The Labute approximate surface area is 142 Å². The average molecular weight is 335 g/mol. The van der Waals surface area contributed by atoms with Gasteiger partial charge in [0.05, 0.1) is 6.04 Å². The quantitative estimate of drug-likeness (QED) is 0.896. The summed E-state index contributed by atoms with van der Waals surface area (Å²) in [5, 5.41) is 5.05. The topological polar surface area (TPSA) is 15.3 Å². The van der Waals surface area contributed by atoms with Crippen LogP contribution >= 0.6 is 23.2 Å². The summed E-state index contributed by atoms with van der Waals surface area (Å²) >= 11 is 13.0. The highest BCUT2D eigenvalue weighted by atomic mass is 35.5. The van der Waals surface area contributed by atoms with Gasteiger partial charge in [-0.2, -0.15) is 0 Å². The molecular weight excluding hydrogens is 315 g/mol. The van der Waals surface area contributed by atoms with Gasteiger partial charge in [0, 0.05) is 29.7 Å². The fourth-order valence-electron chi connectivity index (χ4n) is 3.08. The third kappa shape index (κ3) is 3.47. The van der Waals surface area contributed by atoms with Gasteiger partial charge in [0.25, 0.3) is 0 Å². The van der Waals surface area contributed by atoms with E-state index in [0.29, 0.717) is 0 Å². The molecule has 0 saturated carbocycles.